The molecule has 3 heterocycles. The number of hydrogen-bond donors (Lipinski definition) is 0. The molecule has 0 aliphatic heterocycles. The van der Waals surface area contributed by atoms with Gasteiger partial charge < -0.3 is 13.4 Å². The first-order valence-corrected chi connectivity index (χ1v) is 14.2. The second-order valence-electron chi connectivity index (χ2n) is 11.3. The van der Waals surface area contributed by atoms with Crippen molar-refractivity contribution in [2.45, 2.75) is 26.2 Å². The van der Waals surface area contributed by atoms with Gasteiger partial charge in [-0.25, -0.2) is 0 Å². The van der Waals surface area contributed by atoms with Gasteiger partial charge in [-0.1, -0.05) is 67.6 Å². The van der Waals surface area contributed by atoms with Crippen LogP contribution in [0, 0.1) is 5.92 Å². The highest BCUT2D eigenvalue weighted by molar-refractivity contribution is 6.21. The van der Waals surface area contributed by atoms with E-state index >= 15 is 0 Å². The summed E-state index contributed by atoms with van der Waals surface area (Å²) in [4.78, 5) is 0. The number of para-hydroxylation sites is 2. The monoisotopic (exact) mass is 517 g/mol. The van der Waals surface area contributed by atoms with Crippen molar-refractivity contribution < 1.29 is 8.83 Å². The third-order valence-electron chi connectivity index (χ3n) is 8.80. The van der Waals surface area contributed by atoms with Gasteiger partial charge in [-0.2, -0.15) is 0 Å². The van der Waals surface area contributed by atoms with Gasteiger partial charge in [0.15, 0.2) is 5.58 Å². The fourth-order valence-electron chi connectivity index (χ4n) is 6.98. The number of aryl methyl sites for hydroxylation is 1. The normalized spacial score (nSPS) is 16.4. The molecule has 3 heteroatoms. The summed E-state index contributed by atoms with van der Waals surface area (Å²) in [6, 6.07) is 28.3. The highest BCUT2D eigenvalue weighted by Crippen LogP contribution is 2.47. The summed E-state index contributed by atoms with van der Waals surface area (Å²) in [5, 5.41) is 4.78. The average Bonchev–Trinajstić information content (AvgIpc) is 3.66. The van der Waals surface area contributed by atoms with Crippen molar-refractivity contribution in [1.82, 2.24) is 4.57 Å². The lowest BCUT2D eigenvalue weighted by Crippen LogP contribution is -2.08. The maximum absolute atomic E-state index is 6.69. The van der Waals surface area contributed by atoms with Crippen LogP contribution >= 0.6 is 0 Å². The number of rotatable bonds is 2. The summed E-state index contributed by atoms with van der Waals surface area (Å²) in [7, 11) is 0. The van der Waals surface area contributed by atoms with Crippen molar-refractivity contribution in [3.8, 4) is 16.8 Å². The Morgan fingerprint density at radius 2 is 1.65 bits per heavy atom. The summed E-state index contributed by atoms with van der Waals surface area (Å²) in [6.07, 6.45) is 12.1. The number of furan rings is 2. The van der Waals surface area contributed by atoms with Gasteiger partial charge in [-0.3, -0.25) is 0 Å². The third kappa shape index (κ3) is 3.00. The van der Waals surface area contributed by atoms with Gasteiger partial charge in [0, 0.05) is 44.1 Å². The van der Waals surface area contributed by atoms with Crippen molar-refractivity contribution in [1.29, 1.82) is 0 Å². The van der Waals surface area contributed by atoms with E-state index in [1.54, 1.807) is 0 Å². The Balaban J connectivity index is 1.47. The molecule has 9 rings (SSSR count). The first-order valence-electron chi connectivity index (χ1n) is 14.2. The highest BCUT2D eigenvalue weighted by atomic mass is 16.3. The summed E-state index contributed by atoms with van der Waals surface area (Å²) >= 11 is 0. The number of nitrogens with zero attached hydrogens (tertiary/aromatic N) is 1. The summed E-state index contributed by atoms with van der Waals surface area (Å²) in [5.74, 6) is 1.47. The molecule has 3 aromatic heterocycles. The highest BCUT2D eigenvalue weighted by Gasteiger charge is 2.28. The molecule has 4 aromatic carbocycles. The van der Waals surface area contributed by atoms with Crippen LogP contribution in [0.5, 0.6) is 0 Å². The predicted molar refractivity (Wildman–Crippen MR) is 165 cm³/mol. The maximum Gasteiger partial charge on any atom is 0.160 e. The van der Waals surface area contributed by atoms with Crippen LogP contribution in [0.25, 0.3) is 72.8 Å². The van der Waals surface area contributed by atoms with Crippen LogP contribution in [0.2, 0.25) is 0 Å². The fourth-order valence-corrected chi connectivity index (χ4v) is 6.98. The average molecular weight is 518 g/mol. The Morgan fingerprint density at radius 3 is 2.58 bits per heavy atom. The van der Waals surface area contributed by atoms with Crippen molar-refractivity contribution in [2.24, 2.45) is 5.92 Å². The lowest BCUT2D eigenvalue weighted by atomic mass is 9.90. The van der Waals surface area contributed by atoms with E-state index in [1.165, 1.54) is 44.4 Å². The topological polar surface area (TPSA) is 31.2 Å². The molecule has 0 N–H and O–H groups in total. The smallest absolute Gasteiger partial charge is 0.160 e. The number of fused-ring (bicyclic) bond motifs is 10. The van der Waals surface area contributed by atoms with Crippen molar-refractivity contribution in [3.05, 3.63) is 114 Å². The van der Waals surface area contributed by atoms with Gasteiger partial charge in [0.05, 0.1) is 5.52 Å². The van der Waals surface area contributed by atoms with Gasteiger partial charge in [0.1, 0.15) is 16.9 Å². The molecule has 7 aromatic rings. The molecule has 3 nitrogen and oxygen atoms in total. The van der Waals surface area contributed by atoms with E-state index < -0.39 is 0 Å². The molecular weight excluding hydrogens is 490 g/mol. The first kappa shape index (κ1) is 22.1. The number of aromatic nitrogens is 1. The van der Waals surface area contributed by atoms with E-state index in [4.69, 9.17) is 8.83 Å². The summed E-state index contributed by atoms with van der Waals surface area (Å²) in [6.45, 7) is 2.30. The zero-order valence-corrected chi connectivity index (χ0v) is 22.3. The van der Waals surface area contributed by atoms with E-state index in [9.17, 15) is 0 Å². The minimum Gasteiger partial charge on any atom is -0.456 e. The molecule has 0 saturated carbocycles. The molecule has 192 valence electrons. The summed E-state index contributed by atoms with van der Waals surface area (Å²) < 4.78 is 15.4. The van der Waals surface area contributed by atoms with Gasteiger partial charge in [0.2, 0.25) is 0 Å². The molecule has 1 atom stereocenters. The van der Waals surface area contributed by atoms with Gasteiger partial charge in [-0.15, -0.1) is 0 Å². The Hall–Kier alpha value is -4.76. The van der Waals surface area contributed by atoms with Crippen molar-refractivity contribution in [2.75, 3.05) is 0 Å². The van der Waals surface area contributed by atoms with Crippen molar-refractivity contribution in [3.63, 3.8) is 0 Å². The molecule has 0 radical (unpaired) electrons. The second kappa shape index (κ2) is 8.12. The molecule has 0 amide bonds. The molecule has 2 aliphatic carbocycles. The van der Waals surface area contributed by atoms with E-state index in [1.807, 2.05) is 0 Å². The van der Waals surface area contributed by atoms with Gasteiger partial charge in [-0.05, 0) is 78.8 Å². The fraction of sp³-hybridized carbons (Fsp3) is 0.135. The van der Waals surface area contributed by atoms with E-state index in [2.05, 4.69) is 115 Å². The Labute approximate surface area is 231 Å². The molecular formula is C37H27NO2. The van der Waals surface area contributed by atoms with Crippen LogP contribution in [-0.2, 0) is 12.8 Å². The molecule has 0 spiro atoms. The molecule has 40 heavy (non-hydrogen) atoms. The molecule has 0 saturated heterocycles. The Morgan fingerprint density at radius 1 is 0.800 bits per heavy atom. The zero-order valence-electron chi connectivity index (χ0n) is 22.3. The maximum atomic E-state index is 6.69. The van der Waals surface area contributed by atoms with Crippen LogP contribution in [0.3, 0.4) is 0 Å². The third-order valence-corrected chi connectivity index (χ3v) is 8.80. The van der Waals surface area contributed by atoms with Crippen LogP contribution in [0.1, 0.15) is 35.9 Å². The Bertz CT molecular complexity index is 2200. The largest absolute Gasteiger partial charge is 0.456 e. The second-order valence-corrected chi connectivity index (χ2v) is 11.3. The van der Waals surface area contributed by atoms with E-state index in [0.29, 0.717) is 5.92 Å². The van der Waals surface area contributed by atoms with E-state index in [-0.39, 0.29) is 0 Å². The molecule has 0 bridgehead atoms. The van der Waals surface area contributed by atoms with Crippen LogP contribution < -0.4 is 0 Å². The lowest BCUT2D eigenvalue weighted by Gasteiger charge is -2.17. The van der Waals surface area contributed by atoms with Gasteiger partial charge >= 0.3 is 0 Å². The lowest BCUT2D eigenvalue weighted by molar-refractivity contribution is 0.595. The van der Waals surface area contributed by atoms with Gasteiger partial charge in [0.25, 0.3) is 0 Å². The first-order chi connectivity index (χ1) is 19.7. The zero-order chi connectivity index (χ0) is 26.4. The SMILES string of the molecule is CC1C=Cc2c(n(-c3ccccc3)c3c2c(-c2ccc4oc5c(c4c2)CCC=C5)cc2c4ccccc4oc23)C1. The minimum atomic E-state index is 0.468. The standard InChI is InChI=1S/C37H27NO2/c1-22-15-17-27-31(19-22)38(24-9-3-2-4-10-24)36-35(27)28(21-30-26-12-6-8-14-33(26)40-37(30)36)23-16-18-34-29(20-23)25-11-5-7-13-32(25)39-34/h2-4,6-10,12-18,20-22H,5,11,19H2,1H3. The quantitative estimate of drug-likeness (QED) is 0.228. The molecule has 2 aliphatic rings. The van der Waals surface area contributed by atoms with Crippen LogP contribution in [0.15, 0.2) is 99.8 Å². The van der Waals surface area contributed by atoms with E-state index in [0.717, 1.165) is 58.1 Å². The van der Waals surface area contributed by atoms with Crippen LogP contribution in [-0.4, -0.2) is 4.57 Å². The molecule has 1 unspecified atom stereocenters. The van der Waals surface area contributed by atoms with Crippen LogP contribution in [0.4, 0.5) is 0 Å². The predicted octanol–water partition coefficient (Wildman–Crippen LogP) is 10.1. The molecule has 0 fully saturated rings. The number of allylic oxidation sites excluding steroid dienone is 2. The number of hydrogen-bond acceptors (Lipinski definition) is 2. The number of benzene rings is 4. The van der Waals surface area contributed by atoms with Crippen molar-refractivity contribution >= 4 is 56.0 Å². The Kier molecular flexibility index (Phi) is 4.49. The minimum absolute atomic E-state index is 0.468. The summed E-state index contributed by atoms with van der Waals surface area (Å²) in [5.41, 5.74) is 11.6.